The Kier molecular flexibility index (Phi) is 4.27. The summed E-state index contributed by atoms with van der Waals surface area (Å²) >= 11 is 9.18. The first kappa shape index (κ1) is 14.1. The van der Waals surface area contributed by atoms with Gasteiger partial charge in [0.25, 0.3) is 5.91 Å². The van der Waals surface area contributed by atoms with E-state index in [9.17, 15) is 4.79 Å². The molecule has 0 fully saturated rings. The van der Waals surface area contributed by atoms with Crippen LogP contribution in [0.3, 0.4) is 0 Å². The molecule has 0 saturated heterocycles. The van der Waals surface area contributed by atoms with Crippen molar-refractivity contribution >= 4 is 33.4 Å². The molecule has 1 amide bonds. The van der Waals surface area contributed by atoms with Crippen molar-refractivity contribution in [3.63, 3.8) is 0 Å². The van der Waals surface area contributed by atoms with Crippen LogP contribution in [-0.4, -0.2) is 11.1 Å². The molecule has 0 aliphatic carbocycles. The van der Waals surface area contributed by atoms with Gasteiger partial charge in [-0.1, -0.05) is 16.8 Å². The fourth-order valence-electron chi connectivity index (χ4n) is 1.66. The van der Waals surface area contributed by atoms with Gasteiger partial charge in [-0.05, 0) is 48.0 Å². The third kappa shape index (κ3) is 3.16. The van der Waals surface area contributed by atoms with E-state index in [1.54, 1.807) is 18.2 Å². The predicted molar refractivity (Wildman–Crippen MR) is 76.3 cm³/mol. The van der Waals surface area contributed by atoms with Crippen molar-refractivity contribution in [3.8, 4) is 0 Å². The average molecular weight is 344 g/mol. The zero-order valence-corrected chi connectivity index (χ0v) is 12.8. The second kappa shape index (κ2) is 5.75. The first-order valence-corrected chi connectivity index (χ1v) is 6.81. The van der Waals surface area contributed by atoms with Crippen LogP contribution in [0.1, 0.15) is 27.4 Å². The molecule has 1 heterocycles. The third-order valence-corrected chi connectivity index (χ3v) is 4.00. The van der Waals surface area contributed by atoms with Crippen molar-refractivity contribution in [3.05, 3.63) is 50.3 Å². The maximum Gasteiger partial charge on any atom is 0.251 e. The smallest absolute Gasteiger partial charge is 0.251 e. The number of rotatable bonds is 3. The summed E-state index contributed by atoms with van der Waals surface area (Å²) < 4.78 is 5.74. The Morgan fingerprint density at radius 2 is 2.21 bits per heavy atom. The Hall–Kier alpha value is -1.33. The SMILES string of the molecule is Cc1noc(C)c1CNC(=O)c1ccc(Cl)c(Br)c1. The van der Waals surface area contributed by atoms with Gasteiger partial charge in [0.2, 0.25) is 0 Å². The highest BCUT2D eigenvalue weighted by Crippen LogP contribution is 2.23. The number of hydrogen-bond donors (Lipinski definition) is 1. The van der Waals surface area contributed by atoms with Crippen LogP contribution in [-0.2, 0) is 6.54 Å². The third-order valence-electron chi connectivity index (χ3n) is 2.79. The van der Waals surface area contributed by atoms with Crippen molar-refractivity contribution in [2.75, 3.05) is 0 Å². The fraction of sp³-hybridized carbons (Fsp3) is 0.231. The molecule has 0 atom stereocenters. The van der Waals surface area contributed by atoms with E-state index in [0.29, 0.717) is 21.6 Å². The molecule has 0 saturated carbocycles. The Balaban J connectivity index is 2.07. The molecular formula is C13H12BrClN2O2. The molecule has 0 bridgehead atoms. The van der Waals surface area contributed by atoms with E-state index in [2.05, 4.69) is 26.4 Å². The maximum absolute atomic E-state index is 12.0. The van der Waals surface area contributed by atoms with Crippen molar-refractivity contribution < 1.29 is 9.32 Å². The zero-order chi connectivity index (χ0) is 14.0. The minimum absolute atomic E-state index is 0.169. The average Bonchev–Trinajstić information content (AvgIpc) is 2.69. The lowest BCUT2D eigenvalue weighted by Gasteiger charge is -2.06. The van der Waals surface area contributed by atoms with E-state index >= 15 is 0 Å². The number of aryl methyl sites for hydroxylation is 2. The second-order valence-electron chi connectivity index (χ2n) is 4.11. The predicted octanol–water partition coefficient (Wildman–Crippen LogP) is 3.64. The number of benzene rings is 1. The Morgan fingerprint density at radius 1 is 1.47 bits per heavy atom. The number of amides is 1. The van der Waals surface area contributed by atoms with E-state index in [1.807, 2.05) is 13.8 Å². The van der Waals surface area contributed by atoms with E-state index in [-0.39, 0.29) is 5.91 Å². The highest BCUT2D eigenvalue weighted by atomic mass is 79.9. The molecule has 0 aliphatic heterocycles. The Bertz CT molecular complexity index is 606. The number of halogens is 2. The van der Waals surface area contributed by atoms with E-state index in [4.69, 9.17) is 16.1 Å². The van der Waals surface area contributed by atoms with Crippen LogP contribution in [0.4, 0.5) is 0 Å². The highest BCUT2D eigenvalue weighted by Gasteiger charge is 2.12. The quantitative estimate of drug-likeness (QED) is 0.925. The lowest BCUT2D eigenvalue weighted by atomic mass is 10.2. The van der Waals surface area contributed by atoms with Crippen LogP contribution in [0.5, 0.6) is 0 Å². The van der Waals surface area contributed by atoms with Crippen LogP contribution in [0.15, 0.2) is 27.2 Å². The summed E-state index contributed by atoms with van der Waals surface area (Å²) in [7, 11) is 0. The van der Waals surface area contributed by atoms with Crippen LogP contribution in [0.25, 0.3) is 0 Å². The molecule has 1 aromatic heterocycles. The van der Waals surface area contributed by atoms with Gasteiger partial charge in [-0.25, -0.2) is 0 Å². The number of carbonyl (C=O) groups excluding carboxylic acids is 1. The van der Waals surface area contributed by atoms with Gasteiger partial charge >= 0.3 is 0 Å². The molecule has 2 aromatic rings. The summed E-state index contributed by atoms with van der Waals surface area (Å²) in [6, 6.07) is 5.04. The highest BCUT2D eigenvalue weighted by molar-refractivity contribution is 9.10. The molecule has 0 aliphatic rings. The van der Waals surface area contributed by atoms with Crippen molar-refractivity contribution in [1.29, 1.82) is 0 Å². The summed E-state index contributed by atoms with van der Waals surface area (Å²) in [5.41, 5.74) is 2.24. The number of nitrogens with one attached hydrogen (secondary N) is 1. The minimum atomic E-state index is -0.169. The van der Waals surface area contributed by atoms with E-state index in [1.165, 1.54) is 0 Å². The first-order valence-electron chi connectivity index (χ1n) is 5.64. The summed E-state index contributed by atoms with van der Waals surface area (Å²) in [6.45, 7) is 4.05. The summed E-state index contributed by atoms with van der Waals surface area (Å²) in [5, 5.41) is 7.24. The van der Waals surface area contributed by atoms with Crippen LogP contribution < -0.4 is 5.32 Å². The zero-order valence-electron chi connectivity index (χ0n) is 10.5. The van der Waals surface area contributed by atoms with Gasteiger partial charge < -0.3 is 9.84 Å². The molecule has 100 valence electrons. The fourth-order valence-corrected chi connectivity index (χ4v) is 2.16. The van der Waals surface area contributed by atoms with Gasteiger partial charge in [0, 0.05) is 22.1 Å². The molecule has 6 heteroatoms. The molecular weight excluding hydrogens is 332 g/mol. The number of carbonyl (C=O) groups is 1. The molecule has 0 radical (unpaired) electrons. The molecule has 4 nitrogen and oxygen atoms in total. The van der Waals surface area contributed by atoms with Gasteiger partial charge in [-0.2, -0.15) is 0 Å². The van der Waals surface area contributed by atoms with Gasteiger partial charge in [-0.15, -0.1) is 0 Å². The normalized spacial score (nSPS) is 10.5. The number of aromatic nitrogens is 1. The first-order chi connectivity index (χ1) is 8.99. The number of hydrogen-bond acceptors (Lipinski definition) is 3. The van der Waals surface area contributed by atoms with Crippen LogP contribution in [0.2, 0.25) is 5.02 Å². The second-order valence-corrected chi connectivity index (χ2v) is 5.38. The monoisotopic (exact) mass is 342 g/mol. The van der Waals surface area contributed by atoms with E-state index in [0.717, 1.165) is 17.0 Å². The molecule has 0 unspecified atom stereocenters. The molecule has 0 spiro atoms. The Morgan fingerprint density at radius 3 is 2.79 bits per heavy atom. The van der Waals surface area contributed by atoms with Crippen LogP contribution >= 0.6 is 27.5 Å². The molecule has 2 rings (SSSR count). The number of nitrogens with zero attached hydrogens (tertiary/aromatic N) is 1. The maximum atomic E-state index is 12.0. The summed E-state index contributed by atoms with van der Waals surface area (Å²) in [5.74, 6) is 0.549. The van der Waals surface area contributed by atoms with Gasteiger partial charge in [-0.3, -0.25) is 4.79 Å². The molecule has 1 N–H and O–H groups in total. The van der Waals surface area contributed by atoms with Crippen LogP contribution in [0, 0.1) is 13.8 Å². The van der Waals surface area contributed by atoms with Gasteiger partial charge in [0.05, 0.1) is 10.7 Å². The lowest BCUT2D eigenvalue weighted by molar-refractivity contribution is 0.0950. The standard InChI is InChI=1S/C13H12BrClN2O2/c1-7-10(8(2)19-17-7)6-16-13(18)9-3-4-12(15)11(14)5-9/h3-5H,6H2,1-2H3,(H,16,18). The molecule has 1 aromatic carbocycles. The Labute approximate surface area is 124 Å². The van der Waals surface area contributed by atoms with Crippen molar-refractivity contribution in [1.82, 2.24) is 10.5 Å². The minimum Gasteiger partial charge on any atom is -0.361 e. The van der Waals surface area contributed by atoms with Gasteiger partial charge in [0.15, 0.2) is 0 Å². The topological polar surface area (TPSA) is 55.1 Å². The summed E-state index contributed by atoms with van der Waals surface area (Å²) in [4.78, 5) is 12.0. The lowest BCUT2D eigenvalue weighted by Crippen LogP contribution is -2.23. The summed E-state index contributed by atoms with van der Waals surface area (Å²) in [6.07, 6.45) is 0. The van der Waals surface area contributed by atoms with Gasteiger partial charge in [0.1, 0.15) is 5.76 Å². The van der Waals surface area contributed by atoms with Crippen molar-refractivity contribution in [2.24, 2.45) is 0 Å². The largest absolute Gasteiger partial charge is 0.361 e. The van der Waals surface area contributed by atoms with E-state index < -0.39 is 0 Å². The molecule has 19 heavy (non-hydrogen) atoms. The van der Waals surface area contributed by atoms with Crippen molar-refractivity contribution in [2.45, 2.75) is 20.4 Å².